The number of halogens is 4. The normalized spacial score (nSPS) is 13.0. The average molecular weight is 289 g/mol. The van der Waals surface area contributed by atoms with Crippen molar-refractivity contribution in [1.82, 2.24) is 4.98 Å². The second-order valence-electron chi connectivity index (χ2n) is 3.58. The van der Waals surface area contributed by atoms with Gasteiger partial charge in [0.05, 0.1) is 23.4 Å². The lowest BCUT2D eigenvalue weighted by atomic mass is 10.1. The predicted molar refractivity (Wildman–Crippen MR) is 69.9 cm³/mol. The van der Waals surface area contributed by atoms with Crippen LogP contribution in [-0.2, 0) is 6.18 Å². The molecule has 0 aliphatic rings. The number of nitrogens with zero attached hydrogens (tertiary/aromatic N) is 1. The third kappa shape index (κ3) is 4.55. The number of pyridine rings is 1. The molecule has 0 amide bonds. The molecule has 0 saturated carbocycles. The van der Waals surface area contributed by atoms with E-state index in [9.17, 15) is 17.1 Å². The molecule has 0 atom stereocenters. The van der Waals surface area contributed by atoms with Gasteiger partial charge < -0.3 is 0 Å². The number of alkyl halides is 3. The number of aromatic nitrogens is 1. The molecule has 0 saturated heterocycles. The van der Waals surface area contributed by atoms with Gasteiger partial charge >= 0.3 is 6.18 Å². The minimum absolute atomic E-state index is 0.00929. The van der Waals surface area contributed by atoms with E-state index >= 15 is 0 Å². The maximum absolute atomic E-state index is 12.5. The summed E-state index contributed by atoms with van der Waals surface area (Å²) in [4.78, 5) is 4.04. The molecule has 1 aromatic rings. The van der Waals surface area contributed by atoms with E-state index in [0.29, 0.717) is 0 Å². The van der Waals surface area contributed by atoms with Gasteiger partial charge in [0.1, 0.15) is 0 Å². The molecule has 19 heavy (non-hydrogen) atoms. The highest BCUT2D eigenvalue weighted by Crippen LogP contribution is 2.30. The molecule has 0 N–H and O–H groups in total. The van der Waals surface area contributed by atoms with Crippen LogP contribution in [0.3, 0.4) is 0 Å². The summed E-state index contributed by atoms with van der Waals surface area (Å²) in [5.74, 6) is 0. The van der Waals surface area contributed by atoms with Gasteiger partial charge in [-0.05, 0) is 30.7 Å². The van der Waals surface area contributed by atoms with E-state index in [-0.39, 0.29) is 28.3 Å². The van der Waals surface area contributed by atoms with Crippen LogP contribution in [-0.4, -0.2) is 4.98 Å². The molecule has 1 rings (SSSR count). The average Bonchev–Trinajstić information content (AvgIpc) is 2.37. The SMILES string of the molecule is C=C(/C=C(\C=C/C)SF)c1cc(C(F)(F)F)ccn1. The first-order chi connectivity index (χ1) is 8.88. The van der Waals surface area contributed by atoms with Crippen molar-refractivity contribution in [2.24, 2.45) is 0 Å². The van der Waals surface area contributed by atoms with E-state index in [4.69, 9.17) is 0 Å². The van der Waals surface area contributed by atoms with Crippen molar-refractivity contribution < 1.29 is 17.1 Å². The quantitative estimate of drug-likeness (QED) is 0.558. The monoisotopic (exact) mass is 289 g/mol. The van der Waals surface area contributed by atoms with Crippen LogP contribution in [0, 0.1) is 0 Å². The van der Waals surface area contributed by atoms with Gasteiger partial charge in [0.25, 0.3) is 0 Å². The Kier molecular flexibility index (Phi) is 5.35. The summed E-state index contributed by atoms with van der Waals surface area (Å²) in [5, 5.41) is 0. The summed E-state index contributed by atoms with van der Waals surface area (Å²) in [7, 11) is 0. The second-order valence-corrected chi connectivity index (χ2v) is 4.20. The summed E-state index contributed by atoms with van der Waals surface area (Å²) in [5.41, 5.74) is -0.539. The number of hydrogen-bond donors (Lipinski definition) is 0. The van der Waals surface area contributed by atoms with E-state index < -0.39 is 11.7 Å². The maximum Gasteiger partial charge on any atom is 0.416 e. The Bertz CT molecular complexity index is 518. The first kappa shape index (κ1) is 15.5. The topological polar surface area (TPSA) is 12.9 Å². The standard InChI is InChI=1S/C13H11F4NS/c1-3-4-11(19-17)7-9(2)12-8-10(5-6-18-12)13(14,15)16/h3-8H,2H2,1H3/b4-3-,11-7+. The minimum atomic E-state index is -4.44. The first-order valence-electron chi connectivity index (χ1n) is 5.24. The Labute approximate surface area is 113 Å². The highest BCUT2D eigenvalue weighted by molar-refractivity contribution is 7.98. The number of hydrogen-bond acceptors (Lipinski definition) is 2. The molecule has 1 nitrogen and oxygen atoms in total. The van der Waals surface area contributed by atoms with Crippen molar-refractivity contribution in [2.45, 2.75) is 13.1 Å². The molecule has 0 aliphatic carbocycles. The van der Waals surface area contributed by atoms with Crippen LogP contribution < -0.4 is 0 Å². The predicted octanol–water partition coefficient (Wildman–Crippen LogP) is 5.19. The molecule has 0 spiro atoms. The summed E-state index contributed by atoms with van der Waals surface area (Å²) >= 11 is -0.00929. The van der Waals surface area contributed by atoms with Crippen LogP contribution in [0.25, 0.3) is 5.57 Å². The minimum Gasteiger partial charge on any atom is -0.256 e. The highest BCUT2D eigenvalue weighted by atomic mass is 32.2. The molecule has 0 bridgehead atoms. The fraction of sp³-hybridized carbons (Fsp3) is 0.154. The van der Waals surface area contributed by atoms with Gasteiger partial charge in [-0.2, -0.15) is 17.1 Å². The van der Waals surface area contributed by atoms with Crippen LogP contribution >= 0.6 is 12.1 Å². The van der Waals surface area contributed by atoms with E-state index in [0.717, 1.165) is 18.3 Å². The maximum atomic E-state index is 12.5. The Morgan fingerprint density at radius 3 is 2.63 bits per heavy atom. The van der Waals surface area contributed by atoms with Gasteiger partial charge in [-0.15, -0.1) is 0 Å². The van der Waals surface area contributed by atoms with E-state index in [1.54, 1.807) is 13.0 Å². The molecule has 102 valence electrons. The van der Waals surface area contributed by atoms with Crippen LogP contribution in [0.4, 0.5) is 17.1 Å². The fourth-order valence-electron chi connectivity index (χ4n) is 1.29. The Balaban J connectivity index is 3.07. The van der Waals surface area contributed by atoms with Gasteiger partial charge in [0.15, 0.2) is 0 Å². The summed E-state index contributed by atoms with van der Waals surface area (Å²) in [6.45, 7) is 5.30. The van der Waals surface area contributed by atoms with Crippen LogP contribution in [0.1, 0.15) is 18.2 Å². The molecule has 6 heteroatoms. The van der Waals surface area contributed by atoms with Gasteiger partial charge in [0, 0.05) is 11.1 Å². The molecule has 0 unspecified atom stereocenters. The van der Waals surface area contributed by atoms with Crippen LogP contribution in [0.15, 0.2) is 48.0 Å². The van der Waals surface area contributed by atoms with Crippen molar-refractivity contribution in [3.05, 3.63) is 59.3 Å². The highest BCUT2D eigenvalue weighted by Gasteiger charge is 2.30. The summed E-state index contributed by atoms with van der Waals surface area (Å²) in [6, 6.07) is 1.76. The zero-order valence-corrected chi connectivity index (χ0v) is 10.9. The van der Waals surface area contributed by atoms with Gasteiger partial charge in [-0.25, -0.2) is 0 Å². The third-order valence-corrected chi connectivity index (χ3v) is 2.58. The Hall–Kier alpha value is -1.56. The van der Waals surface area contributed by atoms with Crippen LogP contribution in [0.5, 0.6) is 0 Å². The molecular formula is C13H11F4NS. The third-order valence-electron chi connectivity index (χ3n) is 2.15. The van der Waals surface area contributed by atoms with Crippen molar-refractivity contribution in [3.63, 3.8) is 0 Å². The zero-order chi connectivity index (χ0) is 14.5. The van der Waals surface area contributed by atoms with E-state index in [1.165, 1.54) is 12.2 Å². The van der Waals surface area contributed by atoms with Crippen molar-refractivity contribution >= 4 is 17.7 Å². The van der Waals surface area contributed by atoms with Gasteiger partial charge in [0.2, 0.25) is 0 Å². The van der Waals surface area contributed by atoms with Gasteiger partial charge in [-0.3, -0.25) is 4.98 Å². The number of allylic oxidation sites excluding steroid dienone is 4. The Morgan fingerprint density at radius 2 is 2.11 bits per heavy atom. The smallest absolute Gasteiger partial charge is 0.256 e. The lowest BCUT2D eigenvalue weighted by molar-refractivity contribution is -0.137. The molecule has 0 radical (unpaired) electrons. The lowest BCUT2D eigenvalue weighted by Crippen LogP contribution is -2.05. The lowest BCUT2D eigenvalue weighted by Gasteiger charge is -2.08. The molecular weight excluding hydrogens is 278 g/mol. The molecule has 0 fully saturated rings. The summed E-state index contributed by atoms with van der Waals surface area (Å²) in [6.07, 6.45) is 1.06. The zero-order valence-electron chi connectivity index (χ0n) is 10.0. The van der Waals surface area contributed by atoms with Crippen molar-refractivity contribution in [1.29, 1.82) is 0 Å². The molecule has 0 aromatic carbocycles. The van der Waals surface area contributed by atoms with Crippen molar-refractivity contribution in [3.8, 4) is 0 Å². The van der Waals surface area contributed by atoms with E-state index in [1.807, 2.05) is 0 Å². The second kappa shape index (κ2) is 6.56. The first-order valence-corrected chi connectivity index (χ1v) is 5.95. The fourth-order valence-corrected chi connectivity index (χ4v) is 1.66. The van der Waals surface area contributed by atoms with Crippen LogP contribution in [0.2, 0.25) is 0 Å². The molecule has 1 aromatic heterocycles. The number of rotatable bonds is 4. The Morgan fingerprint density at radius 1 is 1.42 bits per heavy atom. The largest absolute Gasteiger partial charge is 0.416 e. The van der Waals surface area contributed by atoms with Crippen molar-refractivity contribution in [2.75, 3.05) is 0 Å². The molecule has 0 aliphatic heterocycles. The van der Waals surface area contributed by atoms with E-state index in [2.05, 4.69) is 11.6 Å². The van der Waals surface area contributed by atoms with Gasteiger partial charge in [-0.1, -0.05) is 18.7 Å². The molecule has 1 heterocycles. The summed E-state index contributed by atoms with van der Waals surface area (Å²) < 4.78 is 50.1.